The van der Waals surface area contributed by atoms with Gasteiger partial charge in [0.15, 0.2) is 0 Å². The van der Waals surface area contributed by atoms with Crippen LogP contribution in [0.4, 0.5) is 0 Å². The molecule has 0 saturated heterocycles. The Morgan fingerprint density at radius 1 is 1.00 bits per heavy atom. The Bertz CT molecular complexity index is 599. The van der Waals surface area contributed by atoms with E-state index in [1.807, 2.05) is 12.1 Å². The van der Waals surface area contributed by atoms with Gasteiger partial charge in [0.25, 0.3) is 0 Å². The standard InChI is InChI=1S/C24H38O2/c1-6-7-8-9-10-11-18-15-21(25)23(22(26)16-18)19-14-17(2)12-13-20(19)24(3,4)5/h14-16,19-20,25-26H,6-13H2,1-5H3/t19-,20-/m0/s1. The Kier molecular flexibility index (Phi) is 7.20. The molecule has 2 heteroatoms. The van der Waals surface area contributed by atoms with Crippen molar-refractivity contribution in [3.63, 3.8) is 0 Å². The molecule has 0 unspecified atom stereocenters. The second-order valence-electron chi connectivity index (χ2n) is 9.26. The highest BCUT2D eigenvalue weighted by atomic mass is 16.3. The molecule has 1 aromatic rings. The van der Waals surface area contributed by atoms with Gasteiger partial charge in [-0.25, -0.2) is 0 Å². The average Bonchev–Trinajstić information content (AvgIpc) is 2.53. The number of unbranched alkanes of at least 4 members (excludes halogenated alkanes) is 4. The minimum Gasteiger partial charge on any atom is -0.507 e. The van der Waals surface area contributed by atoms with Gasteiger partial charge in [-0.1, -0.05) is 65.0 Å². The summed E-state index contributed by atoms with van der Waals surface area (Å²) in [6, 6.07) is 3.76. The number of phenols is 2. The van der Waals surface area contributed by atoms with Crippen molar-refractivity contribution in [2.24, 2.45) is 11.3 Å². The number of hydrogen-bond donors (Lipinski definition) is 2. The summed E-state index contributed by atoms with van der Waals surface area (Å²) >= 11 is 0. The van der Waals surface area contributed by atoms with Gasteiger partial charge in [0.2, 0.25) is 0 Å². The topological polar surface area (TPSA) is 40.5 Å². The number of aromatic hydroxyl groups is 2. The zero-order valence-electron chi connectivity index (χ0n) is 17.4. The van der Waals surface area contributed by atoms with Crippen molar-refractivity contribution in [1.82, 2.24) is 0 Å². The van der Waals surface area contributed by atoms with E-state index in [0.717, 1.165) is 36.8 Å². The van der Waals surface area contributed by atoms with Gasteiger partial charge in [-0.05, 0) is 61.6 Å². The third kappa shape index (κ3) is 5.28. The lowest BCUT2D eigenvalue weighted by Crippen LogP contribution is -2.28. The van der Waals surface area contributed by atoms with Crippen LogP contribution in [0.1, 0.15) is 96.6 Å². The van der Waals surface area contributed by atoms with Gasteiger partial charge in [0.05, 0.1) is 0 Å². The van der Waals surface area contributed by atoms with Crippen molar-refractivity contribution < 1.29 is 10.2 Å². The van der Waals surface area contributed by atoms with E-state index < -0.39 is 0 Å². The molecule has 0 heterocycles. The molecule has 2 rings (SSSR count). The zero-order valence-corrected chi connectivity index (χ0v) is 17.4. The number of hydrogen-bond acceptors (Lipinski definition) is 2. The van der Waals surface area contributed by atoms with E-state index >= 15 is 0 Å². The molecule has 1 aromatic carbocycles. The van der Waals surface area contributed by atoms with E-state index in [2.05, 4.69) is 40.7 Å². The monoisotopic (exact) mass is 358 g/mol. The Hall–Kier alpha value is -1.44. The van der Waals surface area contributed by atoms with Crippen molar-refractivity contribution in [2.45, 2.75) is 91.9 Å². The van der Waals surface area contributed by atoms with Crippen LogP contribution in [-0.2, 0) is 6.42 Å². The average molecular weight is 359 g/mol. The number of benzene rings is 1. The predicted octanol–water partition coefficient (Wildman–Crippen LogP) is 7.10. The first kappa shape index (κ1) is 20.9. The molecule has 0 amide bonds. The quantitative estimate of drug-likeness (QED) is 0.403. The summed E-state index contributed by atoms with van der Waals surface area (Å²) in [5.41, 5.74) is 3.26. The summed E-state index contributed by atoms with van der Waals surface area (Å²) in [6.45, 7) is 11.2. The van der Waals surface area contributed by atoms with E-state index in [9.17, 15) is 10.2 Å². The summed E-state index contributed by atoms with van der Waals surface area (Å²) in [5.74, 6) is 1.03. The third-order valence-electron chi connectivity index (χ3n) is 5.96. The summed E-state index contributed by atoms with van der Waals surface area (Å²) in [5, 5.41) is 21.5. The van der Waals surface area contributed by atoms with E-state index in [4.69, 9.17) is 0 Å². The number of allylic oxidation sites excluding steroid dienone is 2. The van der Waals surface area contributed by atoms with Crippen molar-refractivity contribution >= 4 is 0 Å². The molecule has 1 aliphatic rings. The van der Waals surface area contributed by atoms with Crippen LogP contribution in [0, 0.1) is 11.3 Å². The molecule has 0 saturated carbocycles. The highest BCUT2D eigenvalue weighted by molar-refractivity contribution is 5.51. The molecule has 0 radical (unpaired) electrons. The first-order chi connectivity index (χ1) is 12.2. The molecule has 0 aromatic heterocycles. The predicted molar refractivity (Wildman–Crippen MR) is 111 cm³/mol. The highest BCUT2D eigenvalue weighted by Crippen LogP contribution is 2.50. The Labute approximate surface area is 160 Å². The maximum Gasteiger partial charge on any atom is 0.123 e. The molecule has 1 aliphatic carbocycles. The summed E-state index contributed by atoms with van der Waals surface area (Å²) in [6.07, 6.45) is 11.5. The van der Waals surface area contributed by atoms with Crippen LogP contribution in [0.3, 0.4) is 0 Å². The first-order valence-corrected chi connectivity index (χ1v) is 10.5. The van der Waals surface area contributed by atoms with Gasteiger partial charge in [0.1, 0.15) is 11.5 Å². The molecule has 26 heavy (non-hydrogen) atoms. The van der Waals surface area contributed by atoms with E-state index in [0.29, 0.717) is 5.92 Å². The molecular formula is C24H38O2. The summed E-state index contributed by atoms with van der Waals surface area (Å²) in [4.78, 5) is 0. The van der Waals surface area contributed by atoms with Crippen molar-refractivity contribution in [3.8, 4) is 11.5 Å². The van der Waals surface area contributed by atoms with Gasteiger partial charge in [0, 0.05) is 11.5 Å². The summed E-state index contributed by atoms with van der Waals surface area (Å²) < 4.78 is 0. The zero-order chi connectivity index (χ0) is 19.3. The van der Waals surface area contributed by atoms with E-state index in [-0.39, 0.29) is 22.8 Å². The van der Waals surface area contributed by atoms with Crippen LogP contribution in [-0.4, -0.2) is 10.2 Å². The Balaban J connectivity index is 2.22. The second-order valence-corrected chi connectivity index (χ2v) is 9.26. The molecule has 0 bridgehead atoms. The molecule has 0 aliphatic heterocycles. The van der Waals surface area contributed by atoms with Crippen LogP contribution >= 0.6 is 0 Å². The van der Waals surface area contributed by atoms with Gasteiger partial charge in [-0.3, -0.25) is 0 Å². The smallest absolute Gasteiger partial charge is 0.123 e. The number of phenolic OH excluding ortho intramolecular Hbond substituents is 2. The van der Waals surface area contributed by atoms with Crippen molar-refractivity contribution in [3.05, 3.63) is 34.9 Å². The minimum atomic E-state index is 0.0855. The molecule has 2 N–H and O–H groups in total. The van der Waals surface area contributed by atoms with Gasteiger partial charge >= 0.3 is 0 Å². The van der Waals surface area contributed by atoms with E-state index in [1.54, 1.807) is 0 Å². The Morgan fingerprint density at radius 3 is 2.19 bits per heavy atom. The lowest BCUT2D eigenvalue weighted by Gasteiger charge is -2.39. The van der Waals surface area contributed by atoms with Crippen LogP contribution in [0.15, 0.2) is 23.8 Å². The lowest BCUT2D eigenvalue weighted by molar-refractivity contribution is 0.194. The fourth-order valence-corrected chi connectivity index (χ4v) is 4.42. The maximum atomic E-state index is 10.7. The second kappa shape index (κ2) is 8.97. The number of aryl methyl sites for hydroxylation is 1. The van der Waals surface area contributed by atoms with Crippen molar-refractivity contribution in [2.75, 3.05) is 0 Å². The molecule has 146 valence electrons. The largest absolute Gasteiger partial charge is 0.507 e. The van der Waals surface area contributed by atoms with Crippen LogP contribution in [0.5, 0.6) is 11.5 Å². The first-order valence-electron chi connectivity index (χ1n) is 10.5. The SMILES string of the molecule is CCCCCCCc1cc(O)c([C@H]2C=C(C)CC[C@@H]2C(C)(C)C)c(O)c1. The van der Waals surface area contributed by atoms with Crippen LogP contribution in [0.2, 0.25) is 0 Å². The highest BCUT2D eigenvalue weighted by Gasteiger charge is 2.36. The third-order valence-corrected chi connectivity index (χ3v) is 5.96. The number of rotatable bonds is 7. The molecule has 2 nitrogen and oxygen atoms in total. The lowest BCUT2D eigenvalue weighted by atomic mass is 9.65. The van der Waals surface area contributed by atoms with Gasteiger partial charge in [-0.15, -0.1) is 0 Å². The maximum absolute atomic E-state index is 10.7. The normalized spacial score (nSPS) is 20.9. The van der Waals surface area contributed by atoms with E-state index in [1.165, 1.54) is 31.3 Å². The molecule has 0 fully saturated rings. The minimum absolute atomic E-state index is 0.0855. The Morgan fingerprint density at radius 2 is 1.62 bits per heavy atom. The van der Waals surface area contributed by atoms with Crippen LogP contribution in [0.25, 0.3) is 0 Å². The van der Waals surface area contributed by atoms with Crippen LogP contribution < -0.4 is 0 Å². The van der Waals surface area contributed by atoms with Crippen molar-refractivity contribution in [1.29, 1.82) is 0 Å². The molecule has 2 atom stereocenters. The summed E-state index contributed by atoms with van der Waals surface area (Å²) in [7, 11) is 0. The fraction of sp³-hybridized carbons (Fsp3) is 0.667. The van der Waals surface area contributed by atoms with Gasteiger partial charge < -0.3 is 10.2 Å². The molecule has 0 spiro atoms. The van der Waals surface area contributed by atoms with Gasteiger partial charge in [-0.2, -0.15) is 0 Å². The molecular weight excluding hydrogens is 320 g/mol. The fourth-order valence-electron chi connectivity index (χ4n) is 4.42.